The Kier molecular flexibility index (Phi) is 5.96. The van der Waals surface area contributed by atoms with Crippen molar-refractivity contribution in [2.45, 2.75) is 58.4 Å². The third-order valence-electron chi connectivity index (χ3n) is 4.07. The third kappa shape index (κ3) is 5.07. The summed E-state index contributed by atoms with van der Waals surface area (Å²) in [6, 6.07) is 0.205. The van der Waals surface area contributed by atoms with Crippen LogP contribution in [0.1, 0.15) is 52.4 Å². The summed E-state index contributed by atoms with van der Waals surface area (Å²) in [7, 11) is 1.90. The Labute approximate surface area is 106 Å². The Morgan fingerprint density at radius 2 is 2.06 bits per heavy atom. The number of rotatable bonds is 7. The highest BCUT2D eigenvalue weighted by Gasteiger charge is 2.19. The molecule has 3 heteroatoms. The van der Waals surface area contributed by atoms with E-state index in [1.165, 1.54) is 19.3 Å². The zero-order chi connectivity index (χ0) is 12.8. The molecule has 1 saturated carbocycles. The number of carbonyl (C=O) groups excluding carboxylic acids is 1. The molecule has 0 saturated heterocycles. The lowest BCUT2D eigenvalue weighted by molar-refractivity contribution is -0.130. The normalized spacial score (nSPS) is 17.9. The van der Waals surface area contributed by atoms with Gasteiger partial charge in [0.05, 0.1) is 0 Å². The van der Waals surface area contributed by atoms with Gasteiger partial charge in [0, 0.05) is 26.1 Å². The zero-order valence-corrected chi connectivity index (χ0v) is 11.6. The maximum Gasteiger partial charge on any atom is 0.222 e. The molecule has 1 unspecified atom stereocenters. The van der Waals surface area contributed by atoms with Crippen LogP contribution in [0.25, 0.3) is 0 Å². The summed E-state index contributed by atoms with van der Waals surface area (Å²) in [5.41, 5.74) is 5.98. The largest absolute Gasteiger partial charge is 0.346 e. The summed E-state index contributed by atoms with van der Waals surface area (Å²) in [5.74, 6) is 1.60. The SMILES string of the molecule is CC(C)C(N)CCN(C)C(=O)CCC1CCC1. The molecule has 0 spiro atoms. The topological polar surface area (TPSA) is 46.3 Å². The van der Waals surface area contributed by atoms with Crippen molar-refractivity contribution in [3.05, 3.63) is 0 Å². The molecule has 0 aromatic carbocycles. The van der Waals surface area contributed by atoms with Gasteiger partial charge in [0.15, 0.2) is 0 Å². The van der Waals surface area contributed by atoms with Gasteiger partial charge in [-0.25, -0.2) is 0 Å². The summed E-state index contributed by atoms with van der Waals surface area (Å²) in [4.78, 5) is 13.7. The molecule has 1 atom stereocenters. The van der Waals surface area contributed by atoms with Gasteiger partial charge < -0.3 is 10.6 Å². The minimum atomic E-state index is 0.205. The Morgan fingerprint density at radius 3 is 2.53 bits per heavy atom. The molecule has 0 aromatic heterocycles. The van der Waals surface area contributed by atoms with Gasteiger partial charge in [-0.05, 0) is 24.7 Å². The number of carbonyl (C=O) groups is 1. The number of nitrogens with zero attached hydrogens (tertiary/aromatic N) is 1. The van der Waals surface area contributed by atoms with Crippen LogP contribution < -0.4 is 5.73 Å². The van der Waals surface area contributed by atoms with Gasteiger partial charge >= 0.3 is 0 Å². The molecule has 17 heavy (non-hydrogen) atoms. The highest BCUT2D eigenvalue weighted by atomic mass is 16.2. The average Bonchev–Trinajstić information content (AvgIpc) is 2.22. The first-order chi connectivity index (χ1) is 8.00. The molecule has 3 nitrogen and oxygen atoms in total. The van der Waals surface area contributed by atoms with Crippen molar-refractivity contribution < 1.29 is 4.79 Å². The number of amides is 1. The van der Waals surface area contributed by atoms with Gasteiger partial charge in [0.25, 0.3) is 0 Å². The fourth-order valence-electron chi connectivity index (χ4n) is 2.10. The number of nitrogens with two attached hydrogens (primary N) is 1. The molecule has 0 aromatic rings. The minimum Gasteiger partial charge on any atom is -0.346 e. The van der Waals surface area contributed by atoms with Crippen LogP contribution in [0.5, 0.6) is 0 Å². The lowest BCUT2D eigenvalue weighted by Crippen LogP contribution is -2.34. The summed E-state index contributed by atoms with van der Waals surface area (Å²) in [6.45, 7) is 5.05. The number of hydrogen-bond donors (Lipinski definition) is 1. The maximum atomic E-state index is 11.9. The fourth-order valence-corrected chi connectivity index (χ4v) is 2.10. The van der Waals surface area contributed by atoms with E-state index in [2.05, 4.69) is 13.8 Å². The molecular formula is C14H28N2O. The van der Waals surface area contributed by atoms with Gasteiger partial charge in [-0.2, -0.15) is 0 Å². The van der Waals surface area contributed by atoms with E-state index in [1.807, 2.05) is 11.9 Å². The minimum absolute atomic E-state index is 0.205. The predicted molar refractivity (Wildman–Crippen MR) is 71.6 cm³/mol. The van der Waals surface area contributed by atoms with Crippen LogP contribution in [0.4, 0.5) is 0 Å². The Hall–Kier alpha value is -0.570. The monoisotopic (exact) mass is 240 g/mol. The molecular weight excluding hydrogens is 212 g/mol. The van der Waals surface area contributed by atoms with E-state index < -0.39 is 0 Å². The van der Waals surface area contributed by atoms with E-state index in [1.54, 1.807) is 0 Å². The molecule has 0 radical (unpaired) electrons. The van der Waals surface area contributed by atoms with E-state index >= 15 is 0 Å². The zero-order valence-electron chi connectivity index (χ0n) is 11.6. The molecule has 1 rings (SSSR count). The van der Waals surface area contributed by atoms with Crippen LogP contribution in [-0.4, -0.2) is 30.4 Å². The van der Waals surface area contributed by atoms with Crippen molar-refractivity contribution in [2.24, 2.45) is 17.6 Å². The standard InChI is InChI=1S/C14H28N2O/c1-11(2)13(15)9-10-16(3)14(17)8-7-12-5-4-6-12/h11-13H,4-10,15H2,1-3H3. The summed E-state index contributed by atoms with van der Waals surface area (Å²) in [6.07, 6.45) is 6.73. The molecule has 1 aliphatic rings. The third-order valence-corrected chi connectivity index (χ3v) is 4.07. The Balaban J connectivity index is 2.12. The second-order valence-electron chi connectivity index (χ2n) is 5.85. The van der Waals surface area contributed by atoms with Crippen molar-refractivity contribution in [1.29, 1.82) is 0 Å². The predicted octanol–water partition coefficient (Wildman–Crippen LogP) is 2.40. The van der Waals surface area contributed by atoms with Crippen molar-refractivity contribution in [2.75, 3.05) is 13.6 Å². The van der Waals surface area contributed by atoms with Gasteiger partial charge in [-0.3, -0.25) is 4.79 Å². The number of hydrogen-bond acceptors (Lipinski definition) is 2. The quantitative estimate of drug-likeness (QED) is 0.742. The highest BCUT2D eigenvalue weighted by Crippen LogP contribution is 2.30. The van der Waals surface area contributed by atoms with Crippen molar-refractivity contribution in [3.8, 4) is 0 Å². The summed E-state index contributed by atoms with van der Waals surface area (Å²) in [5, 5.41) is 0. The molecule has 1 aliphatic carbocycles. The Morgan fingerprint density at radius 1 is 1.41 bits per heavy atom. The van der Waals surface area contributed by atoms with Crippen LogP contribution in [0, 0.1) is 11.8 Å². The van der Waals surface area contributed by atoms with E-state index in [0.29, 0.717) is 5.92 Å². The lowest BCUT2D eigenvalue weighted by Gasteiger charge is -2.26. The molecule has 1 fully saturated rings. The van der Waals surface area contributed by atoms with E-state index in [4.69, 9.17) is 5.73 Å². The fraction of sp³-hybridized carbons (Fsp3) is 0.929. The highest BCUT2D eigenvalue weighted by molar-refractivity contribution is 5.75. The van der Waals surface area contributed by atoms with Gasteiger partial charge in [0.2, 0.25) is 5.91 Å². The van der Waals surface area contributed by atoms with Crippen LogP contribution in [0.2, 0.25) is 0 Å². The van der Waals surface area contributed by atoms with E-state index in [0.717, 1.165) is 31.7 Å². The van der Waals surface area contributed by atoms with E-state index in [9.17, 15) is 4.79 Å². The first-order valence-corrected chi connectivity index (χ1v) is 7.00. The lowest BCUT2D eigenvalue weighted by atomic mass is 9.82. The van der Waals surface area contributed by atoms with Gasteiger partial charge in [0.1, 0.15) is 0 Å². The maximum absolute atomic E-state index is 11.9. The molecule has 0 heterocycles. The van der Waals surface area contributed by atoms with Crippen LogP contribution in [0.3, 0.4) is 0 Å². The smallest absolute Gasteiger partial charge is 0.222 e. The first kappa shape index (κ1) is 14.5. The second-order valence-corrected chi connectivity index (χ2v) is 5.85. The first-order valence-electron chi connectivity index (χ1n) is 7.00. The van der Waals surface area contributed by atoms with Crippen molar-refractivity contribution >= 4 is 5.91 Å². The van der Waals surface area contributed by atoms with Crippen LogP contribution in [-0.2, 0) is 4.79 Å². The van der Waals surface area contributed by atoms with Gasteiger partial charge in [-0.15, -0.1) is 0 Å². The Bertz CT molecular complexity index is 236. The average molecular weight is 240 g/mol. The van der Waals surface area contributed by atoms with Crippen molar-refractivity contribution in [1.82, 2.24) is 4.90 Å². The molecule has 1 amide bonds. The molecule has 2 N–H and O–H groups in total. The summed E-state index contributed by atoms with van der Waals surface area (Å²) < 4.78 is 0. The van der Waals surface area contributed by atoms with Crippen LogP contribution in [0.15, 0.2) is 0 Å². The molecule has 0 bridgehead atoms. The summed E-state index contributed by atoms with van der Waals surface area (Å²) >= 11 is 0. The van der Waals surface area contributed by atoms with E-state index in [-0.39, 0.29) is 11.9 Å². The van der Waals surface area contributed by atoms with Crippen molar-refractivity contribution in [3.63, 3.8) is 0 Å². The second kappa shape index (κ2) is 7.00. The molecule has 100 valence electrons. The van der Waals surface area contributed by atoms with Crippen LogP contribution >= 0.6 is 0 Å². The molecule has 0 aliphatic heterocycles. The van der Waals surface area contributed by atoms with Gasteiger partial charge in [-0.1, -0.05) is 33.1 Å².